The van der Waals surface area contributed by atoms with E-state index >= 15 is 0 Å². The number of halogens is 1. The van der Waals surface area contributed by atoms with E-state index in [1.807, 2.05) is 19.9 Å². The van der Waals surface area contributed by atoms with Crippen LogP contribution in [0.4, 0.5) is 5.69 Å². The highest BCUT2D eigenvalue weighted by Gasteiger charge is 2.17. The molecule has 0 aliphatic carbocycles. The van der Waals surface area contributed by atoms with E-state index in [0.717, 1.165) is 16.7 Å². The Morgan fingerprint density at radius 3 is 2.30 bits per heavy atom. The van der Waals surface area contributed by atoms with Crippen LogP contribution in [0.5, 0.6) is 0 Å². The van der Waals surface area contributed by atoms with E-state index in [2.05, 4.69) is 4.72 Å². The highest BCUT2D eigenvalue weighted by atomic mass is 35.5. The molecule has 106 valence electrons. The van der Waals surface area contributed by atoms with Crippen molar-refractivity contribution in [2.75, 3.05) is 4.72 Å². The van der Waals surface area contributed by atoms with Gasteiger partial charge in [-0.15, -0.1) is 0 Å². The number of nitrogens with one attached hydrogen (secondary N) is 1. The maximum Gasteiger partial charge on any atom is 0.262 e. The van der Waals surface area contributed by atoms with Crippen molar-refractivity contribution in [1.29, 1.82) is 0 Å². The number of aryl methyl sites for hydroxylation is 3. The Hall–Kier alpha value is -1.52. The molecule has 0 atom stereocenters. The van der Waals surface area contributed by atoms with Gasteiger partial charge in [0.05, 0.1) is 10.6 Å². The first-order chi connectivity index (χ1) is 9.29. The van der Waals surface area contributed by atoms with E-state index in [4.69, 9.17) is 11.6 Å². The molecule has 0 bridgehead atoms. The summed E-state index contributed by atoms with van der Waals surface area (Å²) in [5.41, 5.74) is 3.07. The Kier molecular flexibility index (Phi) is 4.06. The lowest BCUT2D eigenvalue weighted by Gasteiger charge is -2.13. The monoisotopic (exact) mass is 309 g/mol. The van der Waals surface area contributed by atoms with Crippen LogP contribution in [0.3, 0.4) is 0 Å². The maximum atomic E-state index is 12.4. The Balaban J connectivity index is 2.43. The van der Waals surface area contributed by atoms with Gasteiger partial charge in [0.15, 0.2) is 0 Å². The van der Waals surface area contributed by atoms with Gasteiger partial charge in [-0.2, -0.15) is 0 Å². The summed E-state index contributed by atoms with van der Waals surface area (Å²) in [7, 11) is -3.61. The zero-order valence-electron chi connectivity index (χ0n) is 11.6. The van der Waals surface area contributed by atoms with E-state index in [9.17, 15) is 8.42 Å². The molecule has 2 rings (SSSR count). The van der Waals surface area contributed by atoms with Crippen LogP contribution in [0.2, 0.25) is 5.02 Å². The molecule has 0 spiro atoms. The van der Waals surface area contributed by atoms with E-state index in [0.29, 0.717) is 10.7 Å². The number of rotatable bonds is 3. The van der Waals surface area contributed by atoms with E-state index in [1.54, 1.807) is 37.3 Å². The van der Waals surface area contributed by atoms with Crippen LogP contribution in [0.15, 0.2) is 41.3 Å². The second-order valence-corrected chi connectivity index (χ2v) is 6.92. The molecule has 1 N–H and O–H groups in total. The average molecular weight is 310 g/mol. The fraction of sp³-hybridized carbons (Fsp3) is 0.200. The third kappa shape index (κ3) is 3.14. The molecule has 0 amide bonds. The molecular formula is C15H16ClNO2S. The van der Waals surface area contributed by atoms with Crippen LogP contribution in [0.25, 0.3) is 0 Å². The molecule has 0 saturated heterocycles. The van der Waals surface area contributed by atoms with Gasteiger partial charge in [0, 0.05) is 5.02 Å². The lowest BCUT2D eigenvalue weighted by molar-refractivity contribution is 0.600. The second-order valence-electron chi connectivity index (χ2n) is 4.83. The van der Waals surface area contributed by atoms with Gasteiger partial charge >= 0.3 is 0 Å². The molecule has 2 aromatic rings. The van der Waals surface area contributed by atoms with Gasteiger partial charge < -0.3 is 0 Å². The highest BCUT2D eigenvalue weighted by molar-refractivity contribution is 7.92. The van der Waals surface area contributed by atoms with Crippen molar-refractivity contribution in [2.45, 2.75) is 25.7 Å². The average Bonchev–Trinajstić information content (AvgIpc) is 2.33. The summed E-state index contributed by atoms with van der Waals surface area (Å²) in [6, 6.07) is 10.4. The Bertz CT molecular complexity index is 754. The van der Waals surface area contributed by atoms with Crippen LogP contribution in [-0.2, 0) is 10.0 Å². The largest absolute Gasteiger partial charge is 0.279 e. The molecule has 0 saturated carbocycles. The molecule has 0 aliphatic rings. The SMILES string of the molecule is Cc1ccc(S(=O)(=O)Nc2cc(Cl)ccc2C)c(C)c1. The quantitative estimate of drug-likeness (QED) is 0.929. The molecule has 0 radical (unpaired) electrons. The first-order valence-electron chi connectivity index (χ1n) is 6.16. The lowest BCUT2D eigenvalue weighted by Crippen LogP contribution is -2.15. The van der Waals surface area contributed by atoms with Crippen molar-refractivity contribution in [3.63, 3.8) is 0 Å². The number of benzene rings is 2. The van der Waals surface area contributed by atoms with Crippen molar-refractivity contribution >= 4 is 27.3 Å². The first kappa shape index (κ1) is 14.9. The van der Waals surface area contributed by atoms with Gasteiger partial charge in [-0.05, 0) is 50.1 Å². The molecule has 0 aliphatic heterocycles. The lowest BCUT2D eigenvalue weighted by atomic mass is 10.2. The fourth-order valence-electron chi connectivity index (χ4n) is 2.00. The molecule has 0 unspecified atom stereocenters. The molecule has 0 aromatic heterocycles. The van der Waals surface area contributed by atoms with Crippen molar-refractivity contribution in [2.24, 2.45) is 0 Å². The van der Waals surface area contributed by atoms with E-state index in [1.165, 1.54) is 0 Å². The zero-order chi connectivity index (χ0) is 14.9. The summed E-state index contributed by atoms with van der Waals surface area (Å²) in [5.74, 6) is 0. The normalized spacial score (nSPS) is 11.4. The van der Waals surface area contributed by atoms with Gasteiger partial charge in [-0.25, -0.2) is 8.42 Å². The van der Waals surface area contributed by atoms with E-state index < -0.39 is 10.0 Å². The highest BCUT2D eigenvalue weighted by Crippen LogP contribution is 2.25. The van der Waals surface area contributed by atoms with Gasteiger partial charge in [-0.1, -0.05) is 35.4 Å². The molecule has 3 nitrogen and oxygen atoms in total. The van der Waals surface area contributed by atoms with Crippen LogP contribution < -0.4 is 4.72 Å². The van der Waals surface area contributed by atoms with Crippen LogP contribution in [0.1, 0.15) is 16.7 Å². The molecule has 5 heteroatoms. The number of anilines is 1. The third-order valence-corrected chi connectivity index (χ3v) is 4.82. The number of hydrogen-bond donors (Lipinski definition) is 1. The van der Waals surface area contributed by atoms with Crippen LogP contribution in [-0.4, -0.2) is 8.42 Å². The molecule has 2 aromatic carbocycles. The Morgan fingerprint density at radius 1 is 0.950 bits per heavy atom. The molecule has 20 heavy (non-hydrogen) atoms. The standard InChI is InChI=1S/C15H16ClNO2S/c1-10-4-7-15(12(3)8-10)20(18,19)17-14-9-13(16)6-5-11(14)2/h4-9,17H,1-3H3. The Labute approximate surface area is 124 Å². The number of sulfonamides is 1. The zero-order valence-corrected chi connectivity index (χ0v) is 13.1. The summed E-state index contributed by atoms with van der Waals surface area (Å²) in [6.07, 6.45) is 0. The summed E-state index contributed by atoms with van der Waals surface area (Å²) in [6.45, 7) is 5.54. The van der Waals surface area contributed by atoms with Crippen molar-refractivity contribution in [3.05, 3.63) is 58.1 Å². The van der Waals surface area contributed by atoms with Crippen LogP contribution in [0, 0.1) is 20.8 Å². The van der Waals surface area contributed by atoms with Gasteiger partial charge in [0.1, 0.15) is 0 Å². The number of hydrogen-bond acceptors (Lipinski definition) is 2. The predicted molar refractivity (Wildman–Crippen MR) is 82.9 cm³/mol. The maximum absolute atomic E-state index is 12.4. The Morgan fingerprint density at radius 2 is 1.65 bits per heavy atom. The van der Waals surface area contributed by atoms with Crippen molar-refractivity contribution in [1.82, 2.24) is 0 Å². The minimum atomic E-state index is -3.61. The van der Waals surface area contributed by atoms with Gasteiger partial charge in [-0.3, -0.25) is 4.72 Å². The minimum Gasteiger partial charge on any atom is -0.279 e. The summed E-state index contributed by atoms with van der Waals surface area (Å²) >= 11 is 5.91. The third-order valence-electron chi connectivity index (χ3n) is 3.06. The fourth-order valence-corrected chi connectivity index (χ4v) is 3.53. The van der Waals surface area contributed by atoms with Crippen molar-refractivity contribution < 1.29 is 8.42 Å². The van der Waals surface area contributed by atoms with Gasteiger partial charge in [0.25, 0.3) is 10.0 Å². The topological polar surface area (TPSA) is 46.2 Å². The summed E-state index contributed by atoms with van der Waals surface area (Å²) in [4.78, 5) is 0.280. The molecule has 0 fully saturated rings. The first-order valence-corrected chi connectivity index (χ1v) is 8.02. The second kappa shape index (κ2) is 5.46. The predicted octanol–water partition coefficient (Wildman–Crippen LogP) is 4.07. The molecule has 0 heterocycles. The summed E-state index contributed by atoms with van der Waals surface area (Å²) in [5, 5.41) is 0.494. The smallest absolute Gasteiger partial charge is 0.262 e. The molecular weight excluding hydrogens is 294 g/mol. The van der Waals surface area contributed by atoms with Gasteiger partial charge in [0.2, 0.25) is 0 Å². The van der Waals surface area contributed by atoms with Crippen LogP contribution >= 0.6 is 11.6 Å². The van der Waals surface area contributed by atoms with Crippen molar-refractivity contribution in [3.8, 4) is 0 Å². The van der Waals surface area contributed by atoms with E-state index in [-0.39, 0.29) is 4.90 Å². The minimum absolute atomic E-state index is 0.280. The summed E-state index contributed by atoms with van der Waals surface area (Å²) < 4.78 is 27.5.